The molecular formula is C11H9BrN2O. The fraction of sp³-hybridized carbons (Fsp3) is 0.0909. The number of aryl methyl sites for hydroxylation is 1. The van der Waals surface area contributed by atoms with Crippen molar-refractivity contribution in [2.24, 2.45) is 0 Å². The molecule has 0 atom stereocenters. The zero-order valence-corrected chi connectivity index (χ0v) is 9.73. The molecule has 3 nitrogen and oxygen atoms in total. The summed E-state index contributed by atoms with van der Waals surface area (Å²) >= 11 is 3.33. The summed E-state index contributed by atoms with van der Waals surface area (Å²) in [6, 6.07) is 7.79. The number of ether oxygens (including phenoxy) is 1. The van der Waals surface area contributed by atoms with Crippen LogP contribution in [0.1, 0.15) is 5.56 Å². The van der Waals surface area contributed by atoms with E-state index in [2.05, 4.69) is 25.9 Å². The Morgan fingerprint density at radius 1 is 1.27 bits per heavy atom. The van der Waals surface area contributed by atoms with Crippen molar-refractivity contribution >= 4 is 15.9 Å². The lowest BCUT2D eigenvalue weighted by Gasteiger charge is -2.07. The van der Waals surface area contributed by atoms with Crippen LogP contribution < -0.4 is 4.74 Å². The molecule has 1 heterocycles. The van der Waals surface area contributed by atoms with Crippen LogP contribution in [0.4, 0.5) is 0 Å². The number of rotatable bonds is 2. The molecule has 2 aromatic rings. The maximum absolute atomic E-state index is 5.64. The minimum absolute atomic E-state index is 0.527. The minimum Gasteiger partial charge on any atom is -0.437 e. The highest BCUT2D eigenvalue weighted by molar-refractivity contribution is 9.10. The summed E-state index contributed by atoms with van der Waals surface area (Å²) in [7, 11) is 0. The Labute approximate surface area is 96.3 Å². The number of benzene rings is 1. The van der Waals surface area contributed by atoms with Gasteiger partial charge in [0.2, 0.25) is 5.88 Å². The topological polar surface area (TPSA) is 35.0 Å². The highest BCUT2D eigenvalue weighted by Crippen LogP contribution is 2.27. The van der Waals surface area contributed by atoms with E-state index in [0.717, 1.165) is 15.8 Å². The summed E-state index contributed by atoms with van der Waals surface area (Å²) in [6.07, 6.45) is 3.11. The van der Waals surface area contributed by atoms with Crippen molar-refractivity contribution in [2.45, 2.75) is 6.92 Å². The van der Waals surface area contributed by atoms with Gasteiger partial charge >= 0.3 is 0 Å². The van der Waals surface area contributed by atoms with Gasteiger partial charge in [-0.25, -0.2) is 9.97 Å². The smallest absolute Gasteiger partial charge is 0.236 e. The van der Waals surface area contributed by atoms with E-state index < -0.39 is 0 Å². The molecule has 15 heavy (non-hydrogen) atoms. The Kier molecular flexibility index (Phi) is 2.97. The van der Waals surface area contributed by atoms with Gasteiger partial charge in [-0.3, -0.25) is 0 Å². The Bertz CT molecular complexity index is 430. The van der Waals surface area contributed by atoms with Gasteiger partial charge in [0.05, 0.1) is 4.47 Å². The number of para-hydroxylation sites is 1. The number of nitrogens with zero attached hydrogens (tertiary/aromatic N) is 2. The summed E-state index contributed by atoms with van der Waals surface area (Å²) in [4.78, 5) is 7.91. The van der Waals surface area contributed by atoms with E-state index in [0.29, 0.717) is 5.88 Å². The van der Waals surface area contributed by atoms with Crippen LogP contribution in [0.25, 0.3) is 0 Å². The average molecular weight is 265 g/mol. The highest BCUT2D eigenvalue weighted by atomic mass is 79.9. The maximum atomic E-state index is 5.64. The summed E-state index contributed by atoms with van der Waals surface area (Å²) in [5, 5.41) is 0. The molecule has 0 amide bonds. The molecular weight excluding hydrogens is 256 g/mol. The van der Waals surface area contributed by atoms with Crippen LogP contribution in [0.2, 0.25) is 0 Å². The second-order valence-electron chi connectivity index (χ2n) is 3.04. The van der Waals surface area contributed by atoms with Crippen LogP contribution in [-0.2, 0) is 0 Å². The van der Waals surface area contributed by atoms with Gasteiger partial charge in [-0.15, -0.1) is 0 Å². The molecule has 0 aliphatic carbocycles. The zero-order chi connectivity index (χ0) is 10.7. The second kappa shape index (κ2) is 4.40. The fourth-order valence-electron chi connectivity index (χ4n) is 1.15. The third kappa shape index (κ3) is 2.33. The third-order valence-corrected chi connectivity index (χ3v) is 2.48. The van der Waals surface area contributed by atoms with Gasteiger partial charge in [0, 0.05) is 6.20 Å². The molecule has 0 bridgehead atoms. The Morgan fingerprint density at radius 2 is 2.07 bits per heavy atom. The molecule has 1 aromatic carbocycles. The SMILES string of the molecule is Cc1ccccc1Oc1ncncc1Br. The van der Waals surface area contributed by atoms with E-state index in [1.807, 2.05) is 31.2 Å². The van der Waals surface area contributed by atoms with E-state index >= 15 is 0 Å². The Morgan fingerprint density at radius 3 is 2.80 bits per heavy atom. The average Bonchev–Trinajstić information content (AvgIpc) is 2.24. The van der Waals surface area contributed by atoms with Crippen LogP contribution in [-0.4, -0.2) is 9.97 Å². The quantitative estimate of drug-likeness (QED) is 0.835. The van der Waals surface area contributed by atoms with Gasteiger partial charge < -0.3 is 4.74 Å². The first-order valence-electron chi connectivity index (χ1n) is 4.46. The number of aromatic nitrogens is 2. The molecule has 1 aromatic heterocycles. The van der Waals surface area contributed by atoms with Crippen LogP contribution >= 0.6 is 15.9 Å². The van der Waals surface area contributed by atoms with Crippen molar-refractivity contribution in [3.63, 3.8) is 0 Å². The summed E-state index contributed by atoms with van der Waals surface area (Å²) < 4.78 is 6.39. The minimum atomic E-state index is 0.527. The van der Waals surface area contributed by atoms with Gasteiger partial charge in [-0.2, -0.15) is 0 Å². The van der Waals surface area contributed by atoms with Crippen molar-refractivity contribution in [2.75, 3.05) is 0 Å². The lowest BCUT2D eigenvalue weighted by atomic mass is 10.2. The zero-order valence-electron chi connectivity index (χ0n) is 8.14. The lowest BCUT2D eigenvalue weighted by Crippen LogP contribution is -1.91. The normalized spacial score (nSPS) is 10.0. The first kappa shape index (κ1) is 10.1. The molecule has 4 heteroatoms. The van der Waals surface area contributed by atoms with Crippen LogP contribution in [0, 0.1) is 6.92 Å². The van der Waals surface area contributed by atoms with Crippen LogP contribution in [0.15, 0.2) is 41.3 Å². The predicted molar refractivity (Wildman–Crippen MR) is 61.0 cm³/mol. The van der Waals surface area contributed by atoms with Gasteiger partial charge in [0.25, 0.3) is 0 Å². The van der Waals surface area contributed by atoms with Gasteiger partial charge in [0.1, 0.15) is 12.1 Å². The van der Waals surface area contributed by atoms with Crippen molar-refractivity contribution in [1.82, 2.24) is 9.97 Å². The van der Waals surface area contributed by atoms with Gasteiger partial charge in [-0.05, 0) is 34.5 Å². The number of hydrogen-bond acceptors (Lipinski definition) is 3. The molecule has 0 saturated carbocycles. The molecule has 2 rings (SSSR count). The molecule has 0 N–H and O–H groups in total. The first-order valence-corrected chi connectivity index (χ1v) is 5.25. The molecule has 0 aliphatic rings. The van der Waals surface area contributed by atoms with E-state index in [-0.39, 0.29) is 0 Å². The van der Waals surface area contributed by atoms with E-state index in [1.165, 1.54) is 6.33 Å². The Balaban J connectivity index is 2.30. The summed E-state index contributed by atoms with van der Waals surface area (Å²) in [5.74, 6) is 1.33. The number of hydrogen-bond donors (Lipinski definition) is 0. The lowest BCUT2D eigenvalue weighted by molar-refractivity contribution is 0.454. The Hall–Kier alpha value is -1.42. The fourth-order valence-corrected chi connectivity index (χ4v) is 1.45. The van der Waals surface area contributed by atoms with Crippen molar-refractivity contribution < 1.29 is 4.74 Å². The van der Waals surface area contributed by atoms with Crippen LogP contribution in [0.3, 0.4) is 0 Å². The van der Waals surface area contributed by atoms with Crippen LogP contribution in [0.5, 0.6) is 11.6 Å². The largest absolute Gasteiger partial charge is 0.437 e. The van der Waals surface area contributed by atoms with E-state index in [9.17, 15) is 0 Å². The van der Waals surface area contributed by atoms with Gasteiger partial charge in [-0.1, -0.05) is 18.2 Å². The molecule has 0 fully saturated rings. The first-order chi connectivity index (χ1) is 7.27. The van der Waals surface area contributed by atoms with Crippen molar-refractivity contribution in [3.05, 3.63) is 46.8 Å². The monoisotopic (exact) mass is 264 g/mol. The van der Waals surface area contributed by atoms with Gasteiger partial charge in [0.15, 0.2) is 0 Å². The highest BCUT2D eigenvalue weighted by Gasteiger charge is 2.04. The number of halogens is 1. The molecule has 0 aliphatic heterocycles. The summed E-state index contributed by atoms with van der Waals surface area (Å²) in [6.45, 7) is 1.99. The second-order valence-corrected chi connectivity index (χ2v) is 3.90. The molecule has 76 valence electrons. The van der Waals surface area contributed by atoms with E-state index in [1.54, 1.807) is 6.20 Å². The molecule has 0 unspecified atom stereocenters. The maximum Gasteiger partial charge on any atom is 0.236 e. The standard InChI is InChI=1S/C11H9BrN2O/c1-8-4-2-3-5-10(8)15-11-9(12)6-13-7-14-11/h2-7H,1H3. The molecule has 0 spiro atoms. The van der Waals surface area contributed by atoms with Crippen molar-refractivity contribution in [3.8, 4) is 11.6 Å². The van der Waals surface area contributed by atoms with Crippen molar-refractivity contribution in [1.29, 1.82) is 0 Å². The predicted octanol–water partition coefficient (Wildman–Crippen LogP) is 3.34. The van der Waals surface area contributed by atoms with E-state index in [4.69, 9.17) is 4.74 Å². The third-order valence-electron chi connectivity index (χ3n) is 1.93. The molecule has 0 radical (unpaired) electrons. The summed E-state index contributed by atoms with van der Waals surface area (Å²) in [5.41, 5.74) is 1.07. The molecule has 0 saturated heterocycles.